The normalized spacial score (nSPS) is 17.4. The molecule has 0 aliphatic carbocycles. The molecule has 0 radical (unpaired) electrons. The zero-order valence-corrected chi connectivity index (χ0v) is 16.9. The van der Waals surface area contributed by atoms with Gasteiger partial charge >= 0.3 is 0 Å². The number of benzene rings is 3. The molecule has 0 saturated heterocycles. The summed E-state index contributed by atoms with van der Waals surface area (Å²) in [6, 6.07) is 24.9. The highest BCUT2D eigenvalue weighted by molar-refractivity contribution is 5.52. The van der Waals surface area contributed by atoms with Gasteiger partial charge in [0.05, 0.1) is 32.9 Å². The average molecular weight is 389 g/mol. The standard InChI is InChI=1S/C25H27NO3/c1-28-23-15-20-13-14-26(22(17-27)18-9-5-3-6-10-18)25(19-11-7-4-8-12-19)21(20)16-24(23)29-2/h3-12,15-16,22,25,27H,13-14,17H2,1-2H3/t22-,25-/m0/s1. The van der Waals surface area contributed by atoms with Gasteiger partial charge in [0.2, 0.25) is 0 Å². The molecule has 1 aliphatic heterocycles. The molecular weight excluding hydrogens is 362 g/mol. The lowest BCUT2D eigenvalue weighted by molar-refractivity contribution is 0.0901. The Labute approximate surface area is 172 Å². The predicted molar refractivity (Wildman–Crippen MR) is 115 cm³/mol. The summed E-state index contributed by atoms with van der Waals surface area (Å²) in [4.78, 5) is 2.40. The van der Waals surface area contributed by atoms with Crippen LogP contribution in [0.3, 0.4) is 0 Å². The van der Waals surface area contributed by atoms with Crippen LogP contribution in [0.4, 0.5) is 0 Å². The lowest BCUT2D eigenvalue weighted by Gasteiger charge is -2.42. The van der Waals surface area contributed by atoms with Crippen LogP contribution in [0.15, 0.2) is 72.8 Å². The van der Waals surface area contributed by atoms with E-state index >= 15 is 0 Å². The van der Waals surface area contributed by atoms with Crippen LogP contribution in [-0.4, -0.2) is 37.4 Å². The summed E-state index contributed by atoms with van der Waals surface area (Å²) in [6.45, 7) is 0.915. The van der Waals surface area contributed by atoms with E-state index in [1.165, 1.54) is 16.7 Å². The Morgan fingerprint density at radius 2 is 1.55 bits per heavy atom. The molecule has 0 fully saturated rings. The molecule has 0 spiro atoms. The number of nitrogens with zero attached hydrogens (tertiary/aromatic N) is 1. The Morgan fingerprint density at radius 1 is 0.931 bits per heavy atom. The van der Waals surface area contributed by atoms with Crippen LogP contribution in [0.5, 0.6) is 11.5 Å². The maximum atomic E-state index is 10.3. The third kappa shape index (κ3) is 3.74. The first-order valence-corrected chi connectivity index (χ1v) is 9.98. The minimum Gasteiger partial charge on any atom is -0.493 e. The predicted octanol–water partition coefficient (Wildman–Crippen LogP) is 4.38. The maximum absolute atomic E-state index is 10.3. The second-order valence-electron chi connectivity index (χ2n) is 7.32. The number of hydrogen-bond donors (Lipinski definition) is 1. The van der Waals surface area contributed by atoms with Gasteiger partial charge in [0.25, 0.3) is 0 Å². The number of aliphatic hydroxyl groups excluding tert-OH is 1. The van der Waals surface area contributed by atoms with E-state index in [0.29, 0.717) is 0 Å². The molecule has 1 heterocycles. The monoisotopic (exact) mass is 389 g/mol. The molecule has 150 valence electrons. The van der Waals surface area contributed by atoms with Crippen molar-refractivity contribution in [2.75, 3.05) is 27.4 Å². The van der Waals surface area contributed by atoms with Crippen molar-refractivity contribution in [3.8, 4) is 11.5 Å². The minimum absolute atomic E-state index is 0.0251. The molecule has 2 atom stereocenters. The second kappa shape index (κ2) is 8.68. The number of ether oxygens (including phenoxy) is 2. The van der Waals surface area contributed by atoms with Crippen LogP contribution in [0, 0.1) is 0 Å². The largest absolute Gasteiger partial charge is 0.493 e. The van der Waals surface area contributed by atoms with Crippen LogP contribution in [-0.2, 0) is 6.42 Å². The van der Waals surface area contributed by atoms with Gasteiger partial charge < -0.3 is 14.6 Å². The number of methoxy groups -OCH3 is 2. The fourth-order valence-electron chi connectivity index (χ4n) is 4.38. The Hall–Kier alpha value is -2.82. The SMILES string of the molecule is COc1cc2c(cc1OC)[C@H](c1ccccc1)N([C@@H](CO)c1ccccc1)CC2. The molecule has 0 saturated carbocycles. The van der Waals surface area contributed by atoms with Crippen molar-refractivity contribution < 1.29 is 14.6 Å². The molecule has 0 bridgehead atoms. The van der Waals surface area contributed by atoms with Gasteiger partial charge in [-0.3, -0.25) is 4.90 Å². The van der Waals surface area contributed by atoms with E-state index in [2.05, 4.69) is 53.4 Å². The van der Waals surface area contributed by atoms with Gasteiger partial charge in [0.15, 0.2) is 11.5 Å². The van der Waals surface area contributed by atoms with E-state index in [9.17, 15) is 5.11 Å². The molecular formula is C25H27NO3. The second-order valence-corrected chi connectivity index (χ2v) is 7.32. The van der Waals surface area contributed by atoms with Crippen molar-refractivity contribution in [1.82, 2.24) is 4.90 Å². The Morgan fingerprint density at radius 3 is 2.17 bits per heavy atom. The average Bonchev–Trinajstić information content (AvgIpc) is 2.79. The molecule has 1 N–H and O–H groups in total. The number of rotatable bonds is 6. The number of aliphatic hydroxyl groups is 1. The topological polar surface area (TPSA) is 41.9 Å². The molecule has 4 rings (SSSR count). The van der Waals surface area contributed by atoms with Gasteiger partial charge in [-0.25, -0.2) is 0 Å². The van der Waals surface area contributed by atoms with E-state index in [0.717, 1.165) is 30.0 Å². The molecule has 3 aromatic carbocycles. The molecule has 0 amide bonds. The van der Waals surface area contributed by atoms with Crippen LogP contribution >= 0.6 is 0 Å². The summed E-state index contributed by atoms with van der Waals surface area (Å²) < 4.78 is 11.1. The van der Waals surface area contributed by atoms with Gasteiger partial charge in [-0.1, -0.05) is 60.7 Å². The lowest BCUT2D eigenvalue weighted by Crippen LogP contribution is -2.40. The molecule has 4 heteroatoms. The van der Waals surface area contributed by atoms with E-state index in [-0.39, 0.29) is 18.7 Å². The first-order chi connectivity index (χ1) is 14.3. The summed E-state index contributed by atoms with van der Waals surface area (Å²) in [5.74, 6) is 1.49. The Bertz CT molecular complexity index is 943. The quantitative estimate of drug-likeness (QED) is 0.679. The number of hydrogen-bond acceptors (Lipinski definition) is 4. The highest BCUT2D eigenvalue weighted by atomic mass is 16.5. The number of fused-ring (bicyclic) bond motifs is 1. The van der Waals surface area contributed by atoms with E-state index in [4.69, 9.17) is 9.47 Å². The van der Waals surface area contributed by atoms with Crippen molar-refractivity contribution in [3.63, 3.8) is 0 Å². The van der Waals surface area contributed by atoms with Crippen molar-refractivity contribution >= 4 is 0 Å². The highest BCUT2D eigenvalue weighted by Gasteiger charge is 2.34. The fraction of sp³-hybridized carbons (Fsp3) is 0.280. The molecule has 3 aromatic rings. The van der Waals surface area contributed by atoms with Crippen molar-refractivity contribution in [1.29, 1.82) is 0 Å². The molecule has 1 aliphatic rings. The van der Waals surface area contributed by atoms with Crippen molar-refractivity contribution in [2.24, 2.45) is 0 Å². The highest BCUT2D eigenvalue weighted by Crippen LogP contribution is 2.43. The van der Waals surface area contributed by atoms with Crippen LogP contribution < -0.4 is 9.47 Å². The molecule has 4 nitrogen and oxygen atoms in total. The summed E-state index contributed by atoms with van der Waals surface area (Å²) in [5, 5.41) is 10.3. The smallest absolute Gasteiger partial charge is 0.161 e. The van der Waals surface area contributed by atoms with Crippen LogP contribution in [0.1, 0.15) is 34.3 Å². The van der Waals surface area contributed by atoms with Gasteiger partial charge in [-0.2, -0.15) is 0 Å². The van der Waals surface area contributed by atoms with E-state index < -0.39 is 0 Å². The third-order valence-electron chi connectivity index (χ3n) is 5.78. The zero-order chi connectivity index (χ0) is 20.2. The lowest BCUT2D eigenvalue weighted by atomic mass is 9.85. The maximum Gasteiger partial charge on any atom is 0.161 e. The van der Waals surface area contributed by atoms with Crippen molar-refractivity contribution in [2.45, 2.75) is 18.5 Å². The van der Waals surface area contributed by atoms with E-state index in [1.807, 2.05) is 24.3 Å². The van der Waals surface area contributed by atoms with Gasteiger partial charge in [0.1, 0.15) is 0 Å². The first-order valence-electron chi connectivity index (χ1n) is 9.98. The summed E-state index contributed by atoms with van der Waals surface area (Å²) in [6.07, 6.45) is 0.891. The van der Waals surface area contributed by atoms with Gasteiger partial charge in [-0.15, -0.1) is 0 Å². The summed E-state index contributed by atoms with van der Waals surface area (Å²) in [5.41, 5.74) is 4.79. The molecule has 0 unspecified atom stereocenters. The fourth-order valence-corrected chi connectivity index (χ4v) is 4.38. The summed E-state index contributed by atoms with van der Waals surface area (Å²) >= 11 is 0. The van der Waals surface area contributed by atoms with Gasteiger partial charge in [-0.05, 0) is 40.8 Å². The Kier molecular flexibility index (Phi) is 5.84. The zero-order valence-electron chi connectivity index (χ0n) is 16.9. The van der Waals surface area contributed by atoms with Crippen molar-refractivity contribution in [3.05, 3.63) is 95.1 Å². The Balaban J connectivity index is 1.85. The third-order valence-corrected chi connectivity index (χ3v) is 5.78. The minimum atomic E-state index is -0.0809. The first kappa shape index (κ1) is 19.5. The van der Waals surface area contributed by atoms with Crippen LogP contribution in [0.25, 0.3) is 0 Å². The van der Waals surface area contributed by atoms with Crippen LogP contribution in [0.2, 0.25) is 0 Å². The molecule has 29 heavy (non-hydrogen) atoms. The summed E-state index contributed by atoms with van der Waals surface area (Å²) in [7, 11) is 3.34. The van der Waals surface area contributed by atoms with Gasteiger partial charge in [0, 0.05) is 6.54 Å². The molecule has 0 aromatic heterocycles. The van der Waals surface area contributed by atoms with E-state index in [1.54, 1.807) is 14.2 Å².